The molecule has 0 bridgehead atoms. The quantitative estimate of drug-likeness (QED) is 0.747. The van der Waals surface area contributed by atoms with Crippen LogP contribution < -0.4 is 5.32 Å². The SMILES string of the molecule is Cc1cc(Cl)c(C(=O)NCC#N)cn1. The van der Waals surface area contributed by atoms with E-state index in [4.69, 9.17) is 16.9 Å². The average Bonchev–Trinajstić information content (AvgIpc) is 2.14. The molecular weight excluding hydrogens is 202 g/mol. The van der Waals surface area contributed by atoms with Crippen LogP contribution in [0.15, 0.2) is 12.3 Å². The van der Waals surface area contributed by atoms with Gasteiger partial charge >= 0.3 is 0 Å². The lowest BCUT2D eigenvalue weighted by Gasteiger charge is -2.03. The minimum atomic E-state index is -0.385. The summed E-state index contributed by atoms with van der Waals surface area (Å²) in [7, 11) is 0. The van der Waals surface area contributed by atoms with Gasteiger partial charge in [-0.05, 0) is 13.0 Å². The van der Waals surface area contributed by atoms with Crippen molar-refractivity contribution in [2.75, 3.05) is 6.54 Å². The second-order valence-electron chi connectivity index (χ2n) is 2.65. The van der Waals surface area contributed by atoms with Crippen LogP contribution in [0.1, 0.15) is 16.1 Å². The Balaban J connectivity index is 2.86. The van der Waals surface area contributed by atoms with E-state index in [2.05, 4.69) is 10.3 Å². The largest absolute Gasteiger partial charge is 0.339 e. The summed E-state index contributed by atoms with van der Waals surface area (Å²) >= 11 is 5.82. The van der Waals surface area contributed by atoms with Gasteiger partial charge in [-0.3, -0.25) is 9.78 Å². The van der Waals surface area contributed by atoms with Crippen LogP contribution in [0.4, 0.5) is 0 Å². The number of aromatic nitrogens is 1. The fourth-order valence-corrected chi connectivity index (χ4v) is 1.20. The van der Waals surface area contributed by atoms with E-state index >= 15 is 0 Å². The van der Waals surface area contributed by atoms with Gasteiger partial charge in [0, 0.05) is 11.9 Å². The number of amides is 1. The summed E-state index contributed by atoms with van der Waals surface area (Å²) in [6, 6.07) is 3.40. The van der Waals surface area contributed by atoms with Crippen molar-refractivity contribution in [1.29, 1.82) is 5.26 Å². The van der Waals surface area contributed by atoms with E-state index in [-0.39, 0.29) is 18.0 Å². The van der Waals surface area contributed by atoms with Gasteiger partial charge in [0.05, 0.1) is 16.7 Å². The first-order valence-corrected chi connectivity index (χ1v) is 4.30. The van der Waals surface area contributed by atoms with Gasteiger partial charge in [0.2, 0.25) is 0 Å². The molecule has 4 nitrogen and oxygen atoms in total. The number of nitrogens with zero attached hydrogens (tertiary/aromatic N) is 2. The van der Waals surface area contributed by atoms with E-state index < -0.39 is 0 Å². The van der Waals surface area contributed by atoms with Crippen LogP contribution in [0.5, 0.6) is 0 Å². The van der Waals surface area contributed by atoms with Crippen LogP contribution in [0.3, 0.4) is 0 Å². The van der Waals surface area contributed by atoms with Crippen molar-refractivity contribution < 1.29 is 4.79 Å². The van der Waals surface area contributed by atoms with E-state index in [0.29, 0.717) is 5.02 Å². The maximum absolute atomic E-state index is 11.3. The summed E-state index contributed by atoms with van der Waals surface area (Å²) in [5.41, 5.74) is 1.03. The molecule has 0 atom stereocenters. The molecule has 1 amide bonds. The third-order valence-electron chi connectivity index (χ3n) is 1.56. The van der Waals surface area contributed by atoms with Crippen molar-refractivity contribution in [1.82, 2.24) is 10.3 Å². The van der Waals surface area contributed by atoms with Crippen molar-refractivity contribution in [3.63, 3.8) is 0 Å². The second kappa shape index (κ2) is 4.58. The van der Waals surface area contributed by atoms with Gasteiger partial charge < -0.3 is 5.32 Å². The van der Waals surface area contributed by atoms with E-state index in [1.54, 1.807) is 19.1 Å². The monoisotopic (exact) mass is 209 g/mol. The molecule has 72 valence electrons. The molecule has 1 N–H and O–H groups in total. The number of hydrogen-bond donors (Lipinski definition) is 1. The Labute approximate surface area is 86.5 Å². The van der Waals surface area contributed by atoms with Gasteiger partial charge in [-0.2, -0.15) is 5.26 Å². The van der Waals surface area contributed by atoms with Crippen LogP contribution in [-0.4, -0.2) is 17.4 Å². The maximum atomic E-state index is 11.3. The Morgan fingerprint density at radius 2 is 2.50 bits per heavy atom. The lowest BCUT2D eigenvalue weighted by molar-refractivity contribution is 0.0958. The van der Waals surface area contributed by atoms with Crippen LogP contribution in [0.25, 0.3) is 0 Å². The summed E-state index contributed by atoms with van der Waals surface area (Å²) in [5.74, 6) is -0.385. The fraction of sp³-hybridized carbons (Fsp3) is 0.222. The third-order valence-corrected chi connectivity index (χ3v) is 1.88. The first-order chi connectivity index (χ1) is 6.65. The summed E-state index contributed by atoms with van der Waals surface area (Å²) in [4.78, 5) is 15.3. The number of nitrogens with one attached hydrogen (secondary N) is 1. The number of carbonyl (C=O) groups is 1. The zero-order valence-corrected chi connectivity index (χ0v) is 8.30. The summed E-state index contributed by atoms with van der Waals surface area (Å²) < 4.78 is 0. The van der Waals surface area contributed by atoms with Gasteiger partial charge in [-0.25, -0.2) is 0 Å². The molecule has 1 aromatic heterocycles. The van der Waals surface area contributed by atoms with Crippen molar-refractivity contribution >= 4 is 17.5 Å². The molecule has 0 saturated carbocycles. The molecule has 0 spiro atoms. The summed E-state index contributed by atoms with van der Waals surface area (Å²) in [5, 5.41) is 11.0. The van der Waals surface area contributed by atoms with Crippen LogP contribution in [0, 0.1) is 18.3 Å². The number of halogens is 1. The Bertz CT molecular complexity index is 398. The van der Waals surface area contributed by atoms with E-state index in [9.17, 15) is 4.79 Å². The van der Waals surface area contributed by atoms with E-state index in [1.807, 2.05) is 0 Å². The predicted molar refractivity (Wildman–Crippen MR) is 51.9 cm³/mol. The molecule has 0 unspecified atom stereocenters. The molecular formula is C9H8ClN3O. The third kappa shape index (κ3) is 2.44. The Kier molecular flexibility index (Phi) is 3.43. The molecule has 0 aliphatic carbocycles. The normalized spacial score (nSPS) is 9.21. The van der Waals surface area contributed by atoms with Gasteiger partial charge in [0.15, 0.2) is 0 Å². The number of aryl methyl sites for hydroxylation is 1. The number of nitriles is 1. The zero-order chi connectivity index (χ0) is 10.6. The van der Waals surface area contributed by atoms with Crippen LogP contribution in [-0.2, 0) is 0 Å². The number of rotatable bonds is 2. The number of carbonyl (C=O) groups excluding carboxylic acids is 1. The van der Waals surface area contributed by atoms with Crippen molar-refractivity contribution in [2.24, 2.45) is 0 Å². The highest BCUT2D eigenvalue weighted by Crippen LogP contribution is 2.15. The zero-order valence-electron chi connectivity index (χ0n) is 7.54. The van der Waals surface area contributed by atoms with Crippen molar-refractivity contribution in [3.8, 4) is 6.07 Å². The Hall–Kier alpha value is -1.60. The topological polar surface area (TPSA) is 65.8 Å². The lowest BCUT2D eigenvalue weighted by Crippen LogP contribution is -2.24. The number of hydrogen-bond acceptors (Lipinski definition) is 3. The fourth-order valence-electron chi connectivity index (χ4n) is 0.909. The molecule has 0 fully saturated rings. The highest BCUT2D eigenvalue weighted by Gasteiger charge is 2.09. The highest BCUT2D eigenvalue weighted by atomic mass is 35.5. The van der Waals surface area contributed by atoms with E-state index in [0.717, 1.165) is 5.69 Å². The molecule has 0 saturated heterocycles. The minimum absolute atomic E-state index is 0.0387. The van der Waals surface area contributed by atoms with Crippen molar-refractivity contribution in [3.05, 3.63) is 28.5 Å². The molecule has 0 aromatic carbocycles. The Morgan fingerprint density at radius 3 is 3.07 bits per heavy atom. The molecule has 1 rings (SSSR count). The molecule has 0 aliphatic heterocycles. The van der Waals surface area contributed by atoms with E-state index in [1.165, 1.54) is 6.20 Å². The van der Waals surface area contributed by atoms with Gasteiger partial charge in [-0.15, -0.1) is 0 Å². The smallest absolute Gasteiger partial charge is 0.255 e. The predicted octanol–water partition coefficient (Wildman–Crippen LogP) is 1.30. The standard InChI is InChI=1S/C9H8ClN3O/c1-6-4-8(10)7(5-13-6)9(14)12-3-2-11/h4-5H,3H2,1H3,(H,12,14). The lowest BCUT2D eigenvalue weighted by atomic mass is 10.2. The summed E-state index contributed by atoms with van der Waals surface area (Å²) in [6.07, 6.45) is 1.39. The first kappa shape index (κ1) is 10.5. The van der Waals surface area contributed by atoms with Crippen LogP contribution >= 0.6 is 11.6 Å². The van der Waals surface area contributed by atoms with Gasteiger partial charge in [-0.1, -0.05) is 11.6 Å². The molecule has 1 aromatic rings. The molecule has 0 radical (unpaired) electrons. The van der Waals surface area contributed by atoms with Gasteiger partial charge in [0.1, 0.15) is 6.54 Å². The average molecular weight is 210 g/mol. The highest BCUT2D eigenvalue weighted by molar-refractivity contribution is 6.33. The first-order valence-electron chi connectivity index (χ1n) is 3.92. The van der Waals surface area contributed by atoms with Crippen molar-refractivity contribution in [2.45, 2.75) is 6.92 Å². The summed E-state index contributed by atoms with van der Waals surface area (Å²) in [6.45, 7) is 1.74. The number of pyridine rings is 1. The van der Waals surface area contributed by atoms with Crippen LogP contribution in [0.2, 0.25) is 5.02 Å². The van der Waals surface area contributed by atoms with Gasteiger partial charge in [0.25, 0.3) is 5.91 Å². The molecule has 14 heavy (non-hydrogen) atoms. The maximum Gasteiger partial charge on any atom is 0.255 e. The second-order valence-corrected chi connectivity index (χ2v) is 3.05. The molecule has 5 heteroatoms. The Morgan fingerprint density at radius 1 is 1.79 bits per heavy atom. The minimum Gasteiger partial charge on any atom is -0.339 e. The molecule has 1 heterocycles. The molecule has 0 aliphatic rings.